The molecule has 0 unspecified atom stereocenters. The number of hydrogen-bond acceptors (Lipinski definition) is 3. The number of anilines is 1. The second kappa shape index (κ2) is 4.41. The number of nitrogen functional groups attached to an aromatic ring is 1. The largest absolute Gasteiger partial charge is 0.464 e. The number of ether oxygens (including phenoxy) is 1. The summed E-state index contributed by atoms with van der Waals surface area (Å²) in [5.74, 6) is -0.270. The maximum absolute atomic E-state index is 11.4. The van der Waals surface area contributed by atoms with Crippen molar-refractivity contribution in [1.29, 1.82) is 0 Å². The Hall–Kier alpha value is -2.10. The van der Waals surface area contributed by atoms with Gasteiger partial charge in [0.1, 0.15) is 0 Å². The van der Waals surface area contributed by atoms with Gasteiger partial charge in [-0.1, -0.05) is 12.1 Å². The van der Waals surface area contributed by atoms with Crippen LogP contribution in [0.15, 0.2) is 30.3 Å². The van der Waals surface area contributed by atoms with Gasteiger partial charge in [0.2, 0.25) is 12.1 Å². The zero-order valence-electron chi connectivity index (χ0n) is 9.93. The number of hydrogen-bond donors (Lipinski definition) is 1. The van der Waals surface area contributed by atoms with Gasteiger partial charge in [0.25, 0.3) is 0 Å². The van der Waals surface area contributed by atoms with E-state index in [0.29, 0.717) is 0 Å². The van der Waals surface area contributed by atoms with Gasteiger partial charge < -0.3 is 10.5 Å². The first-order chi connectivity index (χ1) is 8.13. The van der Waals surface area contributed by atoms with Crippen molar-refractivity contribution in [1.82, 2.24) is 0 Å². The summed E-state index contributed by atoms with van der Waals surface area (Å²) in [6.45, 7) is 2.12. The first-order valence-corrected chi connectivity index (χ1v) is 5.38. The Kier molecular flexibility index (Phi) is 2.95. The minimum atomic E-state index is -0.270. The lowest BCUT2D eigenvalue weighted by Crippen LogP contribution is -2.42. The fourth-order valence-corrected chi connectivity index (χ4v) is 1.93. The number of carbonyl (C=O) groups excluding carboxylic acids is 1. The molecular formula is C13H15N2O2+. The fraction of sp³-hybridized carbons (Fsp3) is 0.231. The molecule has 0 bridgehead atoms. The van der Waals surface area contributed by atoms with Crippen molar-refractivity contribution in [3.05, 3.63) is 36.0 Å². The molecule has 0 aliphatic carbocycles. The molecule has 2 rings (SSSR count). The Morgan fingerprint density at radius 1 is 1.41 bits per heavy atom. The minimum Gasteiger partial charge on any atom is -0.464 e. The molecule has 2 N–H and O–H groups in total. The number of pyridine rings is 1. The van der Waals surface area contributed by atoms with Gasteiger partial charge in [0, 0.05) is 19.1 Å². The molecule has 0 saturated heterocycles. The fourth-order valence-electron chi connectivity index (χ4n) is 1.93. The minimum absolute atomic E-state index is 0.198. The van der Waals surface area contributed by atoms with Crippen LogP contribution in [-0.4, -0.2) is 13.1 Å². The zero-order chi connectivity index (χ0) is 12.4. The SMILES string of the molecule is COC(=O)C[n+]1c(C)cc(N)c2ccccc21. The molecule has 0 radical (unpaired) electrons. The third-order valence-corrected chi connectivity index (χ3v) is 2.81. The van der Waals surface area contributed by atoms with Gasteiger partial charge in [-0.2, -0.15) is 4.57 Å². The Morgan fingerprint density at radius 2 is 2.12 bits per heavy atom. The van der Waals surface area contributed by atoms with E-state index in [9.17, 15) is 4.79 Å². The third kappa shape index (κ3) is 2.06. The highest BCUT2D eigenvalue weighted by atomic mass is 16.5. The molecule has 0 aliphatic heterocycles. The highest BCUT2D eigenvalue weighted by Gasteiger charge is 2.18. The van der Waals surface area contributed by atoms with Crippen LogP contribution in [0, 0.1) is 6.92 Å². The summed E-state index contributed by atoms with van der Waals surface area (Å²) in [5.41, 5.74) is 8.56. The maximum atomic E-state index is 11.4. The molecule has 0 atom stereocenters. The van der Waals surface area contributed by atoms with Crippen molar-refractivity contribution in [2.75, 3.05) is 12.8 Å². The Balaban J connectivity index is 2.65. The van der Waals surface area contributed by atoms with E-state index in [1.165, 1.54) is 7.11 Å². The van der Waals surface area contributed by atoms with Crippen molar-refractivity contribution in [3.63, 3.8) is 0 Å². The summed E-state index contributed by atoms with van der Waals surface area (Å²) >= 11 is 0. The molecule has 0 spiro atoms. The summed E-state index contributed by atoms with van der Waals surface area (Å²) in [7, 11) is 1.39. The molecule has 4 heteroatoms. The molecule has 0 amide bonds. The normalized spacial score (nSPS) is 10.5. The van der Waals surface area contributed by atoms with Crippen LogP contribution in [0.2, 0.25) is 0 Å². The van der Waals surface area contributed by atoms with E-state index in [0.717, 1.165) is 22.3 Å². The van der Waals surface area contributed by atoms with Crippen LogP contribution in [0.5, 0.6) is 0 Å². The Morgan fingerprint density at radius 3 is 2.82 bits per heavy atom. The number of nitrogens with two attached hydrogens (primary N) is 1. The average Bonchev–Trinajstić information content (AvgIpc) is 2.34. The molecule has 0 aliphatic rings. The zero-order valence-corrected chi connectivity index (χ0v) is 9.93. The molecule has 0 saturated carbocycles. The van der Waals surface area contributed by atoms with E-state index in [1.807, 2.05) is 41.8 Å². The lowest BCUT2D eigenvalue weighted by molar-refractivity contribution is -0.666. The molecule has 4 nitrogen and oxygen atoms in total. The van der Waals surface area contributed by atoms with Gasteiger partial charge in [-0.25, -0.2) is 4.79 Å². The van der Waals surface area contributed by atoms with Crippen molar-refractivity contribution in [2.45, 2.75) is 13.5 Å². The van der Waals surface area contributed by atoms with E-state index in [4.69, 9.17) is 10.5 Å². The number of aromatic nitrogens is 1. The van der Waals surface area contributed by atoms with Crippen LogP contribution in [0.25, 0.3) is 10.9 Å². The number of rotatable bonds is 2. The quantitative estimate of drug-likeness (QED) is 0.624. The number of fused-ring (bicyclic) bond motifs is 1. The van der Waals surface area contributed by atoms with Gasteiger partial charge in [0.05, 0.1) is 18.2 Å². The second-order valence-corrected chi connectivity index (χ2v) is 3.92. The lowest BCUT2D eigenvalue weighted by Gasteiger charge is -2.06. The molecule has 88 valence electrons. The number of para-hydroxylation sites is 1. The van der Waals surface area contributed by atoms with Crippen LogP contribution in [0.4, 0.5) is 5.69 Å². The van der Waals surface area contributed by atoms with Crippen molar-refractivity contribution >= 4 is 22.6 Å². The van der Waals surface area contributed by atoms with Gasteiger partial charge in [-0.15, -0.1) is 0 Å². The van der Waals surface area contributed by atoms with Gasteiger partial charge in [-0.3, -0.25) is 0 Å². The van der Waals surface area contributed by atoms with E-state index >= 15 is 0 Å². The van der Waals surface area contributed by atoms with E-state index in [2.05, 4.69) is 0 Å². The predicted octanol–water partition coefficient (Wildman–Crippen LogP) is 1.19. The first kappa shape index (κ1) is 11.4. The van der Waals surface area contributed by atoms with Crippen LogP contribution < -0.4 is 10.3 Å². The molecule has 0 fully saturated rings. The number of methoxy groups -OCH3 is 1. The Labute approximate surface area is 99.6 Å². The topological polar surface area (TPSA) is 56.2 Å². The summed E-state index contributed by atoms with van der Waals surface area (Å²) in [6.07, 6.45) is 0. The van der Waals surface area contributed by atoms with Crippen molar-refractivity contribution in [3.8, 4) is 0 Å². The Bertz CT molecular complexity index is 579. The number of benzene rings is 1. The number of nitrogens with zero attached hydrogens (tertiary/aromatic N) is 1. The highest BCUT2D eigenvalue weighted by Crippen LogP contribution is 2.18. The highest BCUT2D eigenvalue weighted by molar-refractivity contribution is 5.88. The van der Waals surface area contributed by atoms with E-state index in [1.54, 1.807) is 0 Å². The molecule has 1 aromatic carbocycles. The van der Waals surface area contributed by atoms with Crippen LogP contribution in [0.1, 0.15) is 5.69 Å². The predicted molar refractivity (Wildman–Crippen MR) is 65.3 cm³/mol. The summed E-state index contributed by atoms with van der Waals surface area (Å²) in [5, 5.41) is 0.946. The smallest absolute Gasteiger partial charge is 0.372 e. The number of esters is 1. The van der Waals surface area contributed by atoms with Crippen molar-refractivity contribution in [2.24, 2.45) is 0 Å². The average molecular weight is 231 g/mol. The molecular weight excluding hydrogens is 216 g/mol. The first-order valence-electron chi connectivity index (χ1n) is 5.38. The number of aryl methyl sites for hydroxylation is 1. The summed E-state index contributed by atoms with van der Waals surface area (Å²) in [6, 6.07) is 9.61. The third-order valence-electron chi connectivity index (χ3n) is 2.81. The number of carbonyl (C=O) groups is 1. The monoisotopic (exact) mass is 231 g/mol. The van der Waals surface area contributed by atoms with Gasteiger partial charge in [-0.05, 0) is 6.07 Å². The van der Waals surface area contributed by atoms with Crippen LogP contribution >= 0.6 is 0 Å². The van der Waals surface area contributed by atoms with E-state index < -0.39 is 0 Å². The van der Waals surface area contributed by atoms with Gasteiger partial charge in [0.15, 0.2) is 5.69 Å². The van der Waals surface area contributed by atoms with Crippen molar-refractivity contribution < 1.29 is 14.1 Å². The molecule has 17 heavy (non-hydrogen) atoms. The van der Waals surface area contributed by atoms with Crippen LogP contribution in [0.3, 0.4) is 0 Å². The molecule has 1 heterocycles. The standard InChI is InChI=1S/C13H14N2O2/c1-9-7-11(14)10-5-3-4-6-12(10)15(9)8-13(16)17-2/h3-7,14H,8H2,1-2H3/p+1. The molecule has 1 aromatic heterocycles. The van der Waals surface area contributed by atoms with Crippen LogP contribution in [-0.2, 0) is 16.1 Å². The summed E-state index contributed by atoms with van der Waals surface area (Å²) < 4.78 is 6.60. The maximum Gasteiger partial charge on any atom is 0.372 e. The summed E-state index contributed by atoms with van der Waals surface area (Å²) in [4.78, 5) is 11.4. The molecule has 2 aromatic rings. The van der Waals surface area contributed by atoms with Gasteiger partial charge >= 0.3 is 5.97 Å². The second-order valence-electron chi connectivity index (χ2n) is 3.92. The lowest BCUT2D eigenvalue weighted by atomic mass is 10.1. The van der Waals surface area contributed by atoms with E-state index in [-0.39, 0.29) is 12.5 Å².